The maximum Gasteiger partial charge on any atom is 0.243 e. The van der Waals surface area contributed by atoms with Gasteiger partial charge < -0.3 is 10.4 Å². The highest BCUT2D eigenvalue weighted by Gasteiger charge is 2.34. The Bertz CT molecular complexity index is 728. The van der Waals surface area contributed by atoms with Crippen molar-refractivity contribution in [3.05, 3.63) is 30.3 Å². The van der Waals surface area contributed by atoms with Gasteiger partial charge in [0.2, 0.25) is 15.9 Å². The number of rotatable bonds is 5. The number of nitrogens with one attached hydrogen (secondary N) is 1. The minimum atomic E-state index is -3.58. The summed E-state index contributed by atoms with van der Waals surface area (Å²) in [6, 6.07) is 8.35. The lowest BCUT2D eigenvalue weighted by molar-refractivity contribution is -0.127. The van der Waals surface area contributed by atoms with E-state index in [2.05, 4.69) is 5.32 Å². The third-order valence-electron chi connectivity index (χ3n) is 5.76. The number of aliphatic hydroxyl groups is 1. The lowest BCUT2D eigenvalue weighted by atomic mass is 9.93. The summed E-state index contributed by atoms with van der Waals surface area (Å²) < 4.78 is 27.0. The van der Waals surface area contributed by atoms with Crippen molar-refractivity contribution < 1.29 is 18.3 Å². The Hall–Kier alpha value is -1.44. The molecule has 6 nitrogen and oxygen atoms in total. The molecule has 2 N–H and O–H groups in total. The zero-order valence-corrected chi connectivity index (χ0v) is 16.6. The Morgan fingerprint density at radius 3 is 2.44 bits per heavy atom. The zero-order chi connectivity index (χ0) is 19.3. The van der Waals surface area contributed by atoms with Crippen molar-refractivity contribution in [2.75, 3.05) is 19.6 Å². The summed E-state index contributed by atoms with van der Waals surface area (Å²) in [5.74, 6) is -0.521. The number of hydrogen-bond acceptors (Lipinski definition) is 4. The molecule has 2 aliphatic rings. The Morgan fingerprint density at radius 1 is 1.11 bits per heavy atom. The topological polar surface area (TPSA) is 86.7 Å². The second kappa shape index (κ2) is 8.71. The van der Waals surface area contributed by atoms with Gasteiger partial charge >= 0.3 is 0 Å². The maximum atomic E-state index is 12.8. The molecule has 1 atom stereocenters. The van der Waals surface area contributed by atoms with E-state index in [0.717, 1.165) is 25.7 Å². The fraction of sp³-hybridized carbons (Fsp3) is 0.650. The SMILES string of the molecule is O=C(NCC1(O)CCCCCC1)[C@H]1CCCN(S(=O)(=O)c2ccccc2)C1. The van der Waals surface area contributed by atoms with Crippen LogP contribution in [-0.4, -0.2) is 49.0 Å². The molecule has 27 heavy (non-hydrogen) atoms. The molecule has 150 valence electrons. The third-order valence-corrected chi connectivity index (χ3v) is 7.64. The number of amides is 1. The van der Waals surface area contributed by atoms with Crippen LogP contribution in [0.1, 0.15) is 51.4 Å². The largest absolute Gasteiger partial charge is 0.388 e. The molecule has 1 aliphatic heterocycles. The number of piperidine rings is 1. The van der Waals surface area contributed by atoms with Crippen LogP contribution in [0, 0.1) is 5.92 Å². The Kier molecular flexibility index (Phi) is 6.55. The lowest BCUT2D eigenvalue weighted by Gasteiger charge is -2.32. The van der Waals surface area contributed by atoms with Gasteiger partial charge in [-0.1, -0.05) is 43.9 Å². The molecule has 0 aromatic heterocycles. The normalized spacial score (nSPS) is 24.1. The van der Waals surface area contributed by atoms with Gasteiger partial charge in [0.25, 0.3) is 0 Å². The number of carbonyl (C=O) groups excluding carboxylic acids is 1. The van der Waals surface area contributed by atoms with Gasteiger partial charge in [0.05, 0.1) is 16.4 Å². The second-order valence-corrected chi connectivity index (χ2v) is 9.81. The zero-order valence-electron chi connectivity index (χ0n) is 15.8. The quantitative estimate of drug-likeness (QED) is 0.750. The molecular formula is C20H30N2O4S. The molecule has 0 bridgehead atoms. The van der Waals surface area contributed by atoms with Crippen LogP contribution in [0.2, 0.25) is 0 Å². The fourth-order valence-corrected chi connectivity index (χ4v) is 5.62. The van der Waals surface area contributed by atoms with E-state index in [1.54, 1.807) is 30.3 Å². The first-order chi connectivity index (χ1) is 12.9. The van der Waals surface area contributed by atoms with Crippen LogP contribution in [0.4, 0.5) is 0 Å². The van der Waals surface area contributed by atoms with E-state index in [1.807, 2.05) is 0 Å². The maximum absolute atomic E-state index is 12.8. The highest BCUT2D eigenvalue weighted by Crippen LogP contribution is 2.27. The summed E-state index contributed by atoms with van der Waals surface area (Å²) in [5.41, 5.74) is -0.823. The second-order valence-electron chi connectivity index (χ2n) is 7.87. The van der Waals surface area contributed by atoms with Gasteiger partial charge in [0.1, 0.15) is 0 Å². The van der Waals surface area contributed by atoms with Crippen LogP contribution < -0.4 is 5.32 Å². The van der Waals surface area contributed by atoms with E-state index >= 15 is 0 Å². The summed E-state index contributed by atoms with van der Waals surface area (Å²) in [6.07, 6.45) is 6.99. The van der Waals surface area contributed by atoms with Crippen molar-refractivity contribution in [2.24, 2.45) is 5.92 Å². The Labute approximate surface area is 162 Å². The van der Waals surface area contributed by atoms with Crippen molar-refractivity contribution in [3.63, 3.8) is 0 Å². The first kappa shape index (κ1) is 20.3. The molecular weight excluding hydrogens is 364 g/mol. The van der Waals surface area contributed by atoms with Crippen LogP contribution in [0.25, 0.3) is 0 Å². The van der Waals surface area contributed by atoms with Gasteiger partial charge in [-0.25, -0.2) is 8.42 Å². The summed E-state index contributed by atoms with van der Waals surface area (Å²) in [5, 5.41) is 13.6. The molecule has 1 saturated heterocycles. The van der Waals surface area contributed by atoms with Crippen LogP contribution in [0.3, 0.4) is 0 Å². The monoisotopic (exact) mass is 394 g/mol. The molecule has 7 heteroatoms. The summed E-state index contributed by atoms with van der Waals surface area (Å²) >= 11 is 0. The minimum Gasteiger partial charge on any atom is -0.388 e. The van der Waals surface area contributed by atoms with Crippen molar-refractivity contribution >= 4 is 15.9 Å². The number of benzene rings is 1. The molecule has 1 aliphatic carbocycles. The van der Waals surface area contributed by atoms with Gasteiger partial charge in [-0.05, 0) is 37.8 Å². The third kappa shape index (κ3) is 5.09. The molecule has 1 heterocycles. The molecule has 0 spiro atoms. The highest BCUT2D eigenvalue weighted by molar-refractivity contribution is 7.89. The predicted octanol–water partition coefficient (Wildman–Crippen LogP) is 2.29. The summed E-state index contributed by atoms with van der Waals surface area (Å²) in [4.78, 5) is 12.9. The van der Waals surface area contributed by atoms with Crippen LogP contribution in [-0.2, 0) is 14.8 Å². The number of sulfonamides is 1. The van der Waals surface area contributed by atoms with Crippen LogP contribution in [0.15, 0.2) is 35.2 Å². The number of hydrogen-bond donors (Lipinski definition) is 2. The van der Waals surface area contributed by atoms with Crippen molar-refractivity contribution in [1.29, 1.82) is 0 Å². The first-order valence-corrected chi connectivity index (χ1v) is 11.4. The highest BCUT2D eigenvalue weighted by atomic mass is 32.2. The summed E-state index contributed by atoms with van der Waals surface area (Å²) in [6.45, 7) is 0.889. The molecule has 3 rings (SSSR count). The van der Waals surface area contributed by atoms with Crippen molar-refractivity contribution in [2.45, 2.75) is 61.9 Å². The van der Waals surface area contributed by atoms with Crippen LogP contribution >= 0.6 is 0 Å². The van der Waals surface area contributed by atoms with Gasteiger partial charge in [0, 0.05) is 19.6 Å². The molecule has 0 unspecified atom stereocenters. The van der Waals surface area contributed by atoms with Gasteiger partial charge in [0.15, 0.2) is 0 Å². The Morgan fingerprint density at radius 2 is 1.78 bits per heavy atom. The van der Waals surface area contributed by atoms with Crippen LogP contribution in [0.5, 0.6) is 0 Å². The molecule has 1 aromatic rings. The molecule has 2 fully saturated rings. The fourth-order valence-electron chi connectivity index (χ4n) is 4.08. The van der Waals surface area contributed by atoms with Gasteiger partial charge in [-0.3, -0.25) is 4.79 Å². The van der Waals surface area contributed by atoms with Crippen molar-refractivity contribution in [1.82, 2.24) is 9.62 Å². The predicted molar refractivity (Wildman–Crippen MR) is 104 cm³/mol. The minimum absolute atomic E-state index is 0.152. The molecule has 1 amide bonds. The lowest BCUT2D eigenvalue weighted by Crippen LogP contribution is -2.49. The average molecular weight is 395 g/mol. The average Bonchev–Trinajstić information content (AvgIpc) is 2.92. The number of carbonyl (C=O) groups is 1. The Balaban J connectivity index is 1.59. The smallest absolute Gasteiger partial charge is 0.243 e. The molecule has 0 radical (unpaired) electrons. The van der Waals surface area contributed by atoms with E-state index in [9.17, 15) is 18.3 Å². The molecule has 1 aromatic carbocycles. The van der Waals surface area contributed by atoms with E-state index in [0.29, 0.717) is 32.2 Å². The molecule has 1 saturated carbocycles. The van der Waals surface area contributed by atoms with Gasteiger partial charge in [-0.2, -0.15) is 4.31 Å². The summed E-state index contributed by atoms with van der Waals surface area (Å²) in [7, 11) is -3.58. The standard InChI is InChI=1S/C20H30N2O4S/c23-19(21-16-20(24)12-6-1-2-7-13-20)17-9-8-14-22(15-17)27(25,26)18-10-4-3-5-11-18/h3-5,10-11,17,24H,1-2,6-9,12-16H2,(H,21,23)/t17-/m0/s1. The van der Waals surface area contributed by atoms with Crippen molar-refractivity contribution in [3.8, 4) is 0 Å². The van der Waals surface area contributed by atoms with E-state index < -0.39 is 15.6 Å². The first-order valence-electron chi connectivity index (χ1n) is 9.96. The van der Waals surface area contributed by atoms with E-state index in [-0.39, 0.29) is 29.8 Å². The van der Waals surface area contributed by atoms with Gasteiger partial charge in [-0.15, -0.1) is 0 Å². The number of nitrogens with zero attached hydrogens (tertiary/aromatic N) is 1. The van der Waals surface area contributed by atoms with E-state index in [1.165, 1.54) is 4.31 Å². The van der Waals surface area contributed by atoms with E-state index in [4.69, 9.17) is 0 Å².